The van der Waals surface area contributed by atoms with Crippen LogP contribution in [0.2, 0.25) is 0 Å². The summed E-state index contributed by atoms with van der Waals surface area (Å²) in [5.74, 6) is -0.459. The average Bonchev–Trinajstić information content (AvgIpc) is 3.28. The Bertz CT molecular complexity index is 486. The molecular weight excluding hydrogens is 268 g/mol. The fourth-order valence-corrected chi connectivity index (χ4v) is 2.31. The molecule has 1 fully saturated rings. The minimum atomic E-state index is -1.04. The van der Waals surface area contributed by atoms with Crippen molar-refractivity contribution in [1.29, 1.82) is 0 Å². The Morgan fingerprint density at radius 1 is 1.33 bits per heavy atom. The van der Waals surface area contributed by atoms with Crippen molar-refractivity contribution in [2.45, 2.75) is 32.2 Å². The van der Waals surface area contributed by atoms with Gasteiger partial charge in [0, 0.05) is 13.1 Å². The minimum Gasteiger partial charge on any atom is -0.479 e. The van der Waals surface area contributed by atoms with E-state index in [2.05, 4.69) is 5.32 Å². The lowest BCUT2D eigenvalue weighted by Gasteiger charge is -2.25. The molecule has 0 aromatic heterocycles. The number of aliphatic carboxylic acids is 1. The molecule has 0 bridgehead atoms. The van der Waals surface area contributed by atoms with E-state index in [1.807, 2.05) is 13.0 Å². The summed E-state index contributed by atoms with van der Waals surface area (Å²) in [6.07, 6.45) is 3.19. The van der Waals surface area contributed by atoms with Crippen molar-refractivity contribution in [3.63, 3.8) is 0 Å². The van der Waals surface area contributed by atoms with Crippen molar-refractivity contribution in [2.24, 2.45) is 5.92 Å². The quantitative estimate of drug-likeness (QED) is 0.811. The lowest BCUT2D eigenvalue weighted by atomic mass is 10.1. The Kier molecular flexibility index (Phi) is 5.20. The third-order valence-electron chi connectivity index (χ3n) is 3.60. The zero-order valence-electron chi connectivity index (χ0n) is 12.3. The summed E-state index contributed by atoms with van der Waals surface area (Å²) in [4.78, 5) is 25.5. The van der Waals surface area contributed by atoms with Crippen LogP contribution in [-0.2, 0) is 4.79 Å². The first-order chi connectivity index (χ1) is 10.1. The molecule has 0 aliphatic heterocycles. The Morgan fingerprint density at radius 3 is 2.52 bits per heavy atom. The molecule has 0 heterocycles. The van der Waals surface area contributed by atoms with Crippen molar-refractivity contribution >= 4 is 12.0 Å². The molecule has 1 atom stereocenters. The summed E-state index contributed by atoms with van der Waals surface area (Å²) in [6.45, 7) is 3.39. The van der Waals surface area contributed by atoms with Crippen LogP contribution in [0.3, 0.4) is 0 Å². The fourth-order valence-electron chi connectivity index (χ4n) is 2.31. The van der Waals surface area contributed by atoms with Gasteiger partial charge in [-0.1, -0.05) is 37.3 Å². The zero-order chi connectivity index (χ0) is 15.2. The van der Waals surface area contributed by atoms with Crippen LogP contribution in [0.4, 0.5) is 4.79 Å². The van der Waals surface area contributed by atoms with E-state index in [9.17, 15) is 14.7 Å². The number of amides is 2. The number of hydrogen-bond donors (Lipinski definition) is 2. The van der Waals surface area contributed by atoms with Crippen molar-refractivity contribution < 1.29 is 14.7 Å². The zero-order valence-corrected chi connectivity index (χ0v) is 12.3. The molecule has 5 heteroatoms. The Balaban J connectivity index is 2.04. The lowest BCUT2D eigenvalue weighted by Crippen LogP contribution is -2.45. The van der Waals surface area contributed by atoms with E-state index in [-0.39, 0.29) is 6.03 Å². The van der Waals surface area contributed by atoms with Crippen LogP contribution in [0, 0.1) is 5.92 Å². The summed E-state index contributed by atoms with van der Waals surface area (Å²) in [6, 6.07) is 7.49. The lowest BCUT2D eigenvalue weighted by molar-refractivity contribution is -0.139. The van der Waals surface area contributed by atoms with E-state index in [1.165, 1.54) is 0 Å². The highest BCUT2D eigenvalue weighted by Gasteiger charge is 2.29. The number of hydrogen-bond acceptors (Lipinski definition) is 2. The molecule has 1 saturated carbocycles. The van der Waals surface area contributed by atoms with Gasteiger partial charge in [-0.3, -0.25) is 0 Å². The fraction of sp³-hybridized carbons (Fsp3) is 0.500. The van der Waals surface area contributed by atoms with Crippen LogP contribution in [-0.4, -0.2) is 35.1 Å². The molecule has 1 aliphatic carbocycles. The summed E-state index contributed by atoms with van der Waals surface area (Å²) >= 11 is 0. The van der Waals surface area contributed by atoms with E-state index in [1.54, 1.807) is 29.2 Å². The smallest absolute Gasteiger partial charge is 0.330 e. The molecule has 21 heavy (non-hydrogen) atoms. The molecule has 114 valence electrons. The molecule has 1 aliphatic rings. The topological polar surface area (TPSA) is 69.6 Å². The third kappa shape index (κ3) is 4.48. The first-order valence-corrected chi connectivity index (χ1v) is 7.45. The van der Waals surface area contributed by atoms with E-state index < -0.39 is 12.0 Å². The monoisotopic (exact) mass is 290 g/mol. The highest BCUT2D eigenvalue weighted by molar-refractivity contribution is 5.83. The van der Waals surface area contributed by atoms with Gasteiger partial charge >= 0.3 is 12.0 Å². The maximum Gasteiger partial charge on any atom is 0.330 e. The molecule has 0 saturated heterocycles. The molecule has 0 radical (unpaired) electrons. The second-order valence-corrected chi connectivity index (χ2v) is 5.52. The van der Waals surface area contributed by atoms with Gasteiger partial charge in [-0.05, 0) is 30.7 Å². The number of nitrogens with zero attached hydrogens (tertiary/aromatic N) is 1. The van der Waals surface area contributed by atoms with Gasteiger partial charge in [0.15, 0.2) is 6.04 Å². The molecule has 0 unspecified atom stereocenters. The first-order valence-electron chi connectivity index (χ1n) is 7.45. The predicted molar refractivity (Wildman–Crippen MR) is 79.9 cm³/mol. The van der Waals surface area contributed by atoms with Gasteiger partial charge in [0.05, 0.1) is 0 Å². The molecule has 1 aromatic rings. The van der Waals surface area contributed by atoms with Gasteiger partial charge in [0.1, 0.15) is 0 Å². The number of carboxylic acid groups (broad SMARTS) is 1. The number of benzene rings is 1. The first kappa shape index (κ1) is 15.4. The molecule has 2 N–H and O–H groups in total. The summed E-state index contributed by atoms with van der Waals surface area (Å²) in [7, 11) is 0. The molecule has 2 amide bonds. The maximum absolute atomic E-state index is 12.3. The van der Waals surface area contributed by atoms with Crippen molar-refractivity contribution in [3.05, 3.63) is 35.9 Å². The maximum atomic E-state index is 12.3. The largest absolute Gasteiger partial charge is 0.479 e. The summed E-state index contributed by atoms with van der Waals surface area (Å²) in [5.41, 5.74) is 0.584. The van der Waals surface area contributed by atoms with Crippen LogP contribution in [0.5, 0.6) is 0 Å². The molecule has 2 rings (SSSR count). The van der Waals surface area contributed by atoms with Crippen molar-refractivity contribution in [2.75, 3.05) is 13.1 Å². The normalized spacial score (nSPS) is 15.3. The Morgan fingerprint density at radius 2 is 2.00 bits per heavy atom. The van der Waals surface area contributed by atoms with Crippen LogP contribution < -0.4 is 5.32 Å². The Labute approximate surface area is 125 Å². The van der Waals surface area contributed by atoms with Crippen molar-refractivity contribution in [3.8, 4) is 0 Å². The van der Waals surface area contributed by atoms with Gasteiger partial charge < -0.3 is 15.3 Å². The molecule has 5 nitrogen and oxygen atoms in total. The van der Waals surface area contributed by atoms with Gasteiger partial charge in [-0.25, -0.2) is 9.59 Å². The average molecular weight is 290 g/mol. The van der Waals surface area contributed by atoms with Crippen molar-refractivity contribution in [1.82, 2.24) is 10.2 Å². The second kappa shape index (κ2) is 7.11. The summed E-state index contributed by atoms with van der Waals surface area (Å²) < 4.78 is 0. The van der Waals surface area contributed by atoms with Crippen LogP contribution in [0.1, 0.15) is 37.8 Å². The van der Waals surface area contributed by atoms with E-state index in [0.717, 1.165) is 25.8 Å². The van der Waals surface area contributed by atoms with Gasteiger partial charge in [0.25, 0.3) is 0 Å². The van der Waals surface area contributed by atoms with Crippen LogP contribution >= 0.6 is 0 Å². The molecular formula is C16H22N2O3. The van der Waals surface area contributed by atoms with E-state index in [0.29, 0.717) is 18.0 Å². The van der Waals surface area contributed by atoms with Gasteiger partial charge in [-0.2, -0.15) is 0 Å². The van der Waals surface area contributed by atoms with Gasteiger partial charge in [-0.15, -0.1) is 0 Å². The number of nitrogens with one attached hydrogen (secondary N) is 1. The third-order valence-corrected chi connectivity index (χ3v) is 3.60. The summed E-state index contributed by atoms with van der Waals surface area (Å²) in [5, 5.41) is 12.0. The van der Waals surface area contributed by atoms with E-state index in [4.69, 9.17) is 0 Å². The molecule has 1 aromatic carbocycles. The number of carboxylic acids is 1. The predicted octanol–water partition coefficient (Wildman–Crippen LogP) is 2.64. The number of rotatable bonds is 7. The number of carbonyl (C=O) groups is 2. The van der Waals surface area contributed by atoms with E-state index >= 15 is 0 Å². The second-order valence-electron chi connectivity index (χ2n) is 5.52. The molecule has 0 spiro atoms. The number of urea groups is 1. The highest BCUT2D eigenvalue weighted by atomic mass is 16.4. The standard InChI is InChI=1S/C16H22N2O3/c1-2-10-18(11-12-8-9-12)16(21)17-14(15(19)20)13-6-4-3-5-7-13/h3-7,12,14H,2,8-11H2,1H3,(H,17,21)(H,19,20)/t14-/m0/s1. The highest BCUT2D eigenvalue weighted by Crippen LogP contribution is 2.29. The number of carbonyl (C=O) groups excluding carboxylic acids is 1. The van der Waals surface area contributed by atoms with Crippen LogP contribution in [0.25, 0.3) is 0 Å². The minimum absolute atomic E-state index is 0.292. The van der Waals surface area contributed by atoms with Gasteiger partial charge in [0.2, 0.25) is 0 Å². The Hall–Kier alpha value is -2.04. The van der Waals surface area contributed by atoms with Crippen LogP contribution in [0.15, 0.2) is 30.3 Å². The SMILES string of the molecule is CCCN(CC1CC1)C(=O)N[C@H](C(=O)O)c1ccccc1.